The molecule has 32 heavy (non-hydrogen) atoms. The maximum Gasteiger partial charge on any atom is 0.266 e. The molecule has 0 saturated heterocycles. The average Bonchev–Trinajstić information content (AvgIpc) is 2.78. The van der Waals surface area contributed by atoms with E-state index in [0.29, 0.717) is 34.4 Å². The molecule has 0 spiro atoms. The van der Waals surface area contributed by atoms with Crippen LogP contribution in [0.3, 0.4) is 0 Å². The first kappa shape index (κ1) is 23.9. The predicted molar refractivity (Wildman–Crippen MR) is 133 cm³/mol. The lowest BCUT2D eigenvalue weighted by molar-refractivity contribution is -0.112. The molecule has 0 aliphatic heterocycles. The molecule has 8 heteroatoms. The fraction of sp³-hybridized carbons (Fsp3) is 0.0833. The number of halogens is 3. The van der Waals surface area contributed by atoms with Gasteiger partial charge in [-0.05, 0) is 48.0 Å². The lowest BCUT2D eigenvalue weighted by Gasteiger charge is -2.12. The van der Waals surface area contributed by atoms with Crippen LogP contribution in [0.15, 0.2) is 75.2 Å². The number of para-hydroxylation sites is 1. The molecule has 3 aromatic carbocycles. The minimum atomic E-state index is -0.556. The van der Waals surface area contributed by atoms with Crippen molar-refractivity contribution in [2.45, 2.75) is 6.61 Å². The van der Waals surface area contributed by atoms with E-state index in [1.165, 1.54) is 13.2 Å². The molecule has 0 unspecified atom stereocenters. The van der Waals surface area contributed by atoms with Crippen LogP contribution in [0, 0.1) is 11.3 Å². The fourth-order valence-electron chi connectivity index (χ4n) is 2.75. The summed E-state index contributed by atoms with van der Waals surface area (Å²) >= 11 is 13.0. The summed E-state index contributed by atoms with van der Waals surface area (Å²) < 4.78 is 13.2. The summed E-state index contributed by atoms with van der Waals surface area (Å²) in [5, 5.41) is 12.5. The molecular formula is C24H17Br2ClN2O3. The van der Waals surface area contributed by atoms with Crippen molar-refractivity contribution in [2.75, 3.05) is 12.4 Å². The average molecular weight is 577 g/mol. The molecule has 5 nitrogen and oxygen atoms in total. The van der Waals surface area contributed by atoms with E-state index in [9.17, 15) is 10.1 Å². The molecular weight excluding hydrogens is 560 g/mol. The van der Waals surface area contributed by atoms with Gasteiger partial charge in [0.15, 0.2) is 11.5 Å². The number of rotatable bonds is 7. The molecule has 1 amide bonds. The lowest BCUT2D eigenvalue weighted by Crippen LogP contribution is -2.13. The molecule has 0 heterocycles. The van der Waals surface area contributed by atoms with Crippen molar-refractivity contribution >= 4 is 61.1 Å². The van der Waals surface area contributed by atoms with E-state index >= 15 is 0 Å². The number of carbonyl (C=O) groups excluding carboxylic acids is 1. The third-order valence-corrected chi connectivity index (χ3v) is 5.95. The first-order valence-electron chi connectivity index (χ1n) is 9.33. The Balaban J connectivity index is 1.77. The number of hydrogen-bond acceptors (Lipinski definition) is 4. The van der Waals surface area contributed by atoms with E-state index in [2.05, 4.69) is 37.2 Å². The third-order valence-electron chi connectivity index (χ3n) is 4.38. The number of anilines is 1. The molecule has 0 radical (unpaired) electrons. The standard InChI is InChI=1S/C24H17Br2ClN2O3/c1-31-23-11-15(6-9-22(23)32-14-16-7-8-18(25)12-19(16)26)10-17(13-28)24(30)29-21-5-3-2-4-20(21)27/h2-12H,14H2,1H3,(H,29,30)/b17-10-. The summed E-state index contributed by atoms with van der Waals surface area (Å²) in [5.74, 6) is 0.467. The number of nitrogens with zero attached hydrogens (tertiary/aromatic N) is 1. The molecule has 3 aromatic rings. The van der Waals surface area contributed by atoms with Crippen LogP contribution in [-0.4, -0.2) is 13.0 Å². The Morgan fingerprint density at radius 3 is 2.59 bits per heavy atom. The molecule has 0 aliphatic carbocycles. The molecule has 0 atom stereocenters. The van der Waals surface area contributed by atoms with Gasteiger partial charge in [-0.25, -0.2) is 0 Å². The van der Waals surface area contributed by atoms with Gasteiger partial charge in [-0.1, -0.05) is 67.7 Å². The van der Waals surface area contributed by atoms with E-state index < -0.39 is 5.91 Å². The molecule has 0 saturated carbocycles. The van der Waals surface area contributed by atoms with Gasteiger partial charge >= 0.3 is 0 Å². The number of ether oxygens (including phenoxy) is 2. The summed E-state index contributed by atoms with van der Waals surface area (Å²) in [5.41, 5.74) is 1.95. The van der Waals surface area contributed by atoms with Gasteiger partial charge in [-0.3, -0.25) is 4.79 Å². The van der Waals surface area contributed by atoms with Crippen molar-refractivity contribution in [2.24, 2.45) is 0 Å². The predicted octanol–water partition coefficient (Wildman–Crippen LogP) is 7.00. The van der Waals surface area contributed by atoms with Gasteiger partial charge in [0, 0.05) is 14.5 Å². The highest BCUT2D eigenvalue weighted by molar-refractivity contribution is 9.11. The van der Waals surface area contributed by atoms with E-state index in [1.54, 1.807) is 42.5 Å². The zero-order valence-electron chi connectivity index (χ0n) is 16.9. The first-order chi connectivity index (χ1) is 15.4. The summed E-state index contributed by atoms with van der Waals surface area (Å²) in [7, 11) is 1.53. The Morgan fingerprint density at radius 2 is 1.91 bits per heavy atom. The van der Waals surface area contributed by atoms with Gasteiger partial charge in [0.25, 0.3) is 5.91 Å². The molecule has 1 N–H and O–H groups in total. The fourth-order valence-corrected chi connectivity index (χ4v) is 4.10. The maximum atomic E-state index is 12.5. The number of hydrogen-bond donors (Lipinski definition) is 1. The SMILES string of the molecule is COc1cc(/C=C(/C#N)C(=O)Nc2ccccc2Cl)ccc1OCc1ccc(Br)cc1Br. The summed E-state index contributed by atoms with van der Waals surface area (Å²) in [6, 6.07) is 19.8. The Hall–Kier alpha value is -2.79. The van der Waals surface area contributed by atoms with Crippen LogP contribution in [0.1, 0.15) is 11.1 Å². The van der Waals surface area contributed by atoms with Gasteiger partial charge < -0.3 is 14.8 Å². The second kappa shape index (κ2) is 11.2. The van der Waals surface area contributed by atoms with Crippen LogP contribution >= 0.6 is 43.5 Å². The van der Waals surface area contributed by atoms with Crippen LogP contribution in [0.25, 0.3) is 6.08 Å². The Kier molecular flexibility index (Phi) is 8.34. The smallest absolute Gasteiger partial charge is 0.266 e. The van der Waals surface area contributed by atoms with Crippen molar-refractivity contribution in [3.05, 3.63) is 91.3 Å². The number of nitriles is 1. The Bertz CT molecular complexity index is 1220. The highest BCUT2D eigenvalue weighted by Crippen LogP contribution is 2.31. The van der Waals surface area contributed by atoms with E-state index in [4.69, 9.17) is 21.1 Å². The molecule has 0 fully saturated rings. The van der Waals surface area contributed by atoms with Crippen LogP contribution in [-0.2, 0) is 11.4 Å². The van der Waals surface area contributed by atoms with Gasteiger partial charge in [0.1, 0.15) is 18.2 Å². The Labute approximate surface area is 207 Å². The number of carbonyl (C=O) groups is 1. The van der Waals surface area contributed by atoms with Crippen LogP contribution in [0.5, 0.6) is 11.5 Å². The largest absolute Gasteiger partial charge is 0.493 e. The van der Waals surface area contributed by atoms with Gasteiger partial charge in [-0.15, -0.1) is 0 Å². The summed E-state index contributed by atoms with van der Waals surface area (Å²) in [6.45, 7) is 0.336. The van der Waals surface area contributed by atoms with Crippen molar-refractivity contribution in [3.63, 3.8) is 0 Å². The molecule has 0 aromatic heterocycles. The number of benzene rings is 3. The van der Waals surface area contributed by atoms with Crippen molar-refractivity contribution in [3.8, 4) is 17.6 Å². The van der Waals surface area contributed by atoms with E-state index in [1.807, 2.05) is 24.3 Å². The Morgan fingerprint density at radius 1 is 1.12 bits per heavy atom. The van der Waals surface area contributed by atoms with Gasteiger partial charge in [0.2, 0.25) is 0 Å². The highest BCUT2D eigenvalue weighted by atomic mass is 79.9. The second-order valence-electron chi connectivity index (χ2n) is 6.54. The minimum Gasteiger partial charge on any atom is -0.493 e. The van der Waals surface area contributed by atoms with Crippen molar-refractivity contribution in [1.29, 1.82) is 5.26 Å². The second-order valence-corrected chi connectivity index (χ2v) is 8.72. The first-order valence-corrected chi connectivity index (χ1v) is 11.3. The van der Waals surface area contributed by atoms with Crippen molar-refractivity contribution < 1.29 is 14.3 Å². The quantitative estimate of drug-likeness (QED) is 0.243. The summed E-state index contributed by atoms with van der Waals surface area (Å²) in [6.07, 6.45) is 1.48. The number of methoxy groups -OCH3 is 1. The molecule has 0 bridgehead atoms. The number of nitrogens with one attached hydrogen (secondary N) is 1. The highest BCUT2D eigenvalue weighted by Gasteiger charge is 2.13. The lowest BCUT2D eigenvalue weighted by atomic mass is 10.1. The summed E-state index contributed by atoms with van der Waals surface area (Å²) in [4.78, 5) is 12.5. The van der Waals surface area contributed by atoms with Crippen molar-refractivity contribution in [1.82, 2.24) is 0 Å². The zero-order valence-corrected chi connectivity index (χ0v) is 20.8. The minimum absolute atomic E-state index is 0.0700. The van der Waals surface area contributed by atoms with Gasteiger partial charge in [-0.2, -0.15) is 5.26 Å². The molecule has 3 rings (SSSR count). The van der Waals surface area contributed by atoms with Gasteiger partial charge in [0.05, 0.1) is 17.8 Å². The van der Waals surface area contributed by atoms with E-state index in [-0.39, 0.29) is 5.57 Å². The van der Waals surface area contributed by atoms with E-state index in [0.717, 1.165) is 14.5 Å². The van der Waals surface area contributed by atoms with Crippen LogP contribution in [0.4, 0.5) is 5.69 Å². The maximum absolute atomic E-state index is 12.5. The van der Waals surface area contributed by atoms with Crippen LogP contribution < -0.4 is 14.8 Å². The monoisotopic (exact) mass is 574 g/mol. The zero-order chi connectivity index (χ0) is 23.1. The topological polar surface area (TPSA) is 71.3 Å². The molecule has 0 aliphatic rings. The van der Waals surface area contributed by atoms with Crippen LogP contribution in [0.2, 0.25) is 5.02 Å². The normalized spacial score (nSPS) is 10.9. The molecule has 162 valence electrons. The number of amides is 1. The third kappa shape index (κ3) is 6.13.